The van der Waals surface area contributed by atoms with Crippen molar-refractivity contribution in [3.63, 3.8) is 0 Å². The number of benzene rings is 3. The maximum Gasteiger partial charge on any atom is 0.273 e. The van der Waals surface area contributed by atoms with E-state index in [4.69, 9.17) is 16.3 Å². The van der Waals surface area contributed by atoms with Gasteiger partial charge < -0.3 is 9.64 Å². The van der Waals surface area contributed by atoms with Crippen molar-refractivity contribution in [2.45, 2.75) is 45.8 Å². The molecule has 6 heteroatoms. The lowest BCUT2D eigenvalue weighted by Gasteiger charge is -2.26. The second-order valence-corrected chi connectivity index (χ2v) is 9.76. The summed E-state index contributed by atoms with van der Waals surface area (Å²) in [4.78, 5) is 15.4. The molecule has 0 bridgehead atoms. The van der Waals surface area contributed by atoms with Crippen LogP contribution in [-0.4, -0.2) is 27.5 Å². The van der Waals surface area contributed by atoms with Crippen molar-refractivity contribution in [1.29, 1.82) is 0 Å². The van der Waals surface area contributed by atoms with Crippen LogP contribution in [0.4, 0.5) is 0 Å². The minimum absolute atomic E-state index is 0.0139. The summed E-state index contributed by atoms with van der Waals surface area (Å²) in [5.41, 5.74) is 6.68. The van der Waals surface area contributed by atoms with Gasteiger partial charge in [-0.2, -0.15) is 5.10 Å². The van der Waals surface area contributed by atoms with Gasteiger partial charge in [0, 0.05) is 22.7 Å². The molecule has 2 heterocycles. The van der Waals surface area contributed by atoms with Gasteiger partial charge in [-0.1, -0.05) is 85.5 Å². The zero-order chi connectivity index (χ0) is 25.1. The fourth-order valence-electron chi connectivity index (χ4n) is 4.73. The Morgan fingerprint density at radius 2 is 1.69 bits per heavy atom. The topological polar surface area (TPSA) is 58.2 Å². The van der Waals surface area contributed by atoms with Gasteiger partial charge in [0.25, 0.3) is 5.91 Å². The molecule has 0 spiro atoms. The number of ether oxygens (including phenoxy) is 1. The summed E-state index contributed by atoms with van der Waals surface area (Å²) in [5.74, 6) is 0.793. The molecule has 0 radical (unpaired) electrons. The molecule has 0 saturated carbocycles. The van der Waals surface area contributed by atoms with Crippen molar-refractivity contribution in [3.05, 3.63) is 106 Å². The molecule has 0 fully saturated rings. The number of aromatic nitrogens is 2. The third-order valence-corrected chi connectivity index (χ3v) is 6.96. The van der Waals surface area contributed by atoms with E-state index in [2.05, 4.69) is 60.4 Å². The second-order valence-electron chi connectivity index (χ2n) is 9.32. The summed E-state index contributed by atoms with van der Waals surface area (Å²) < 4.78 is 5.99. The number of aryl methyl sites for hydroxylation is 1. The smallest absolute Gasteiger partial charge is 0.273 e. The van der Waals surface area contributed by atoms with Crippen LogP contribution in [-0.2, 0) is 6.61 Å². The summed E-state index contributed by atoms with van der Waals surface area (Å²) in [7, 11) is 0. The van der Waals surface area contributed by atoms with Crippen LogP contribution in [0.1, 0.15) is 65.0 Å². The van der Waals surface area contributed by atoms with Crippen molar-refractivity contribution in [2.75, 3.05) is 6.54 Å². The second kappa shape index (κ2) is 10.6. The number of amides is 1. The highest BCUT2D eigenvalue weighted by Crippen LogP contribution is 2.43. The molecule has 0 aliphatic carbocycles. The molecule has 5 rings (SSSR count). The fourth-order valence-corrected chi connectivity index (χ4v) is 4.86. The zero-order valence-corrected chi connectivity index (χ0v) is 21.4. The molecule has 1 aliphatic heterocycles. The molecule has 3 aromatic carbocycles. The first-order chi connectivity index (χ1) is 17.5. The van der Waals surface area contributed by atoms with Crippen molar-refractivity contribution in [1.82, 2.24) is 15.1 Å². The van der Waals surface area contributed by atoms with E-state index in [1.54, 1.807) is 0 Å². The summed E-state index contributed by atoms with van der Waals surface area (Å²) in [5, 5.41) is 8.33. The average Bonchev–Trinajstić information content (AvgIpc) is 3.44. The molecule has 1 aliphatic rings. The van der Waals surface area contributed by atoms with Gasteiger partial charge in [0.1, 0.15) is 18.1 Å². The Morgan fingerprint density at radius 1 is 0.972 bits per heavy atom. The van der Waals surface area contributed by atoms with E-state index in [0.717, 1.165) is 53.0 Å². The third kappa shape index (κ3) is 4.89. The molecule has 1 aromatic heterocycles. The van der Waals surface area contributed by atoms with Crippen molar-refractivity contribution < 1.29 is 9.53 Å². The first-order valence-electron chi connectivity index (χ1n) is 12.5. The first kappa shape index (κ1) is 24.1. The minimum atomic E-state index is -0.190. The summed E-state index contributed by atoms with van der Waals surface area (Å²) in [6.07, 6.45) is 3.16. The molecular weight excluding hydrogens is 470 g/mol. The number of hydrogen-bond acceptors (Lipinski definition) is 3. The Balaban J connectivity index is 1.44. The van der Waals surface area contributed by atoms with Crippen molar-refractivity contribution in [2.24, 2.45) is 0 Å². The number of unbranched alkanes of at least 4 members (excludes halogenated alkanes) is 2. The first-order valence-corrected chi connectivity index (χ1v) is 12.9. The van der Waals surface area contributed by atoms with Crippen LogP contribution in [0.25, 0.3) is 11.3 Å². The van der Waals surface area contributed by atoms with Gasteiger partial charge in [-0.05, 0) is 48.7 Å². The number of rotatable bonds is 9. The molecule has 1 atom stereocenters. The highest BCUT2D eigenvalue weighted by Gasteiger charge is 2.41. The number of nitrogens with one attached hydrogen (secondary N) is 1. The Hall–Kier alpha value is -3.57. The van der Waals surface area contributed by atoms with E-state index in [9.17, 15) is 4.79 Å². The van der Waals surface area contributed by atoms with E-state index in [0.29, 0.717) is 23.9 Å². The molecule has 5 nitrogen and oxygen atoms in total. The molecule has 1 N–H and O–H groups in total. The Kier molecular flexibility index (Phi) is 7.10. The van der Waals surface area contributed by atoms with Crippen LogP contribution in [0.5, 0.6) is 5.75 Å². The Morgan fingerprint density at radius 3 is 2.39 bits per heavy atom. The lowest BCUT2D eigenvalue weighted by molar-refractivity contribution is 0.0740. The number of nitrogens with zero attached hydrogens (tertiary/aromatic N) is 2. The maximum atomic E-state index is 13.4. The SMILES string of the molecule is CCCCCN1C(=O)c2[nH]nc(-c3ccc(C)cc3)c2C1c1ccc(OCc2ccc(Cl)cc2)cc1. The number of fused-ring (bicyclic) bond motifs is 1. The number of halogens is 1. The van der Waals surface area contributed by atoms with Crippen molar-refractivity contribution >= 4 is 17.5 Å². The van der Waals surface area contributed by atoms with Crippen LogP contribution in [0.2, 0.25) is 5.02 Å². The van der Waals surface area contributed by atoms with Crippen LogP contribution >= 0.6 is 11.6 Å². The maximum absolute atomic E-state index is 13.4. The molecule has 1 unspecified atom stereocenters. The standard InChI is InChI=1S/C30H30ClN3O2/c1-3-4-5-18-34-29(23-12-16-25(17-13-23)36-19-21-8-14-24(31)15-9-21)26-27(32-33-28(26)30(34)35)22-10-6-20(2)7-11-22/h6-17,29H,3-5,18-19H2,1-2H3,(H,32,33). The lowest BCUT2D eigenvalue weighted by atomic mass is 9.95. The number of H-pyrrole nitrogens is 1. The zero-order valence-electron chi connectivity index (χ0n) is 20.6. The van der Waals surface area contributed by atoms with Gasteiger partial charge in [0.2, 0.25) is 0 Å². The Bertz CT molecular complexity index is 1330. The molecule has 184 valence electrons. The highest BCUT2D eigenvalue weighted by atomic mass is 35.5. The largest absolute Gasteiger partial charge is 0.489 e. The van der Waals surface area contributed by atoms with Crippen molar-refractivity contribution in [3.8, 4) is 17.0 Å². The predicted molar refractivity (Wildman–Crippen MR) is 143 cm³/mol. The lowest BCUT2D eigenvalue weighted by Crippen LogP contribution is -2.30. The monoisotopic (exact) mass is 499 g/mol. The van der Waals surface area contributed by atoms with Crippen LogP contribution in [0.15, 0.2) is 72.8 Å². The quantitative estimate of drug-likeness (QED) is 0.245. The number of aromatic amines is 1. The molecule has 0 saturated heterocycles. The fraction of sp³-hybridized carbons (Fsp3) is 0.267. The summed E-state index contributed by atoms with van der Waals surface area (Å²) >= 11 is 5.98. The van der Waals surface area contributed by atoms with Crippen LogP contribution in [0.3, 0.4) is 0 Å². The normalized spacial score (nSPS) is 14.8. The van der Waals surface area contributed by atoms with Gasteiger partial charge in [0.15, 0.2) is 0 Å². The van der Waals surface area contributed by atoms with E-state index < -0.39 is 0 Å². The van der Waals surface area contributed by atoms with Gasteiger partial charge >= 0.3 is 0 Å². The van der Waals surface area contributed by atoms with Gasteiger partial charge in [0.05, 0.1) is 11.7 Å². The molecular formula is C30H30ClN3O2. The molecule has 1 amide bonds. The summed E-state index contributed by atoms with van der Waals surface area (Å²) in [6, 6.07) is 23.8. The number of carbonyl (C=O) groups is 1. The average molecular weight is 500 g/mol. The molecule has 36 heavy (non-hydrogen) atoms. The van der Waals surface area contributed by atoms with Gasteiger partial charge in [-0.3, -0.25) is 9.89 Å². The van der Waals surface area contributed by atoms with E-state index in [1.165, 1.54) is 5.56 Å². The number of hydrogen-bond donors (Lipinski definition) is 1. The van der Waals surface area contributed by atoms with E-state index in [-0.39, 0.29) is 11.9 Å². The van der Waals surface area contributed by atoms with Crippen LogP contribution < -0.4 is 4.74 Å². The number of carbonyl (C=O) groups excluding carboxylic acids is 1. The summed E-state index contributed by atoms with van der Waals surface area (Å²) in [6.45, 7) is 5.41. The van der Waals surface area contributed by atoms with Crippen LogP contribution in [0, 0.1) is 6.92 Å². The highest BCUT2D eigenvalue weighted by molar-refractivity contribution is 6.30. The van der Waals surface area contributed by atoms with E-state index in [1.807, 2.05) is 41.3 Å². The van der Waals surface area contributed by atoms with Gasteiger partial charge in [-0.15, -0.1) is 0 Å². The van der Waals surface area contributed by atoms with Gasteiger partial charge in [-0.25, -0.2) is 0 Å². The predicted octanol–water partition coefficient (Wildman–Crippen LogP) is 7.35. The third-order valence-electron chi connectivity index (χ3n) is 6.71. The molecule has 4 aromatic rings. The van der Waals surface area contributed by atoms with E-state index >= 15 is 0 Å². The Labute approximate surface area is 217 Å². The minimum Gasteiger partial charge on any atom is -0.489 e.